The Bertz CT molecular complexity index is 468. The third-order valence-electron chi connectivity index (χ3n) is 2.78. The van der Waals surface area contributed by atoms with Crippen LogP contribution in [0.1, 0.15) is 6.92 Å². The second-order valence-corrected chi connectivity index (χ2v) is 5.90. The first-order valence-electron chi connectivity index (χ1n) is 5.20. The van der Waals surface area contributed by atoms with E-state index in [1.807, 2.05) is 6.92 Å². The van der Waals surface area contributed by atoms with E-state index in [0.717, 1.165) is 6.54 Å². The molecule has 16 heavy (non-hydrogen) atoms. The van der Waals surface area contributed by atoms with Crippen molar-refractivity contribution in [2.45, 2.75) is 18.0 Å². The Morgan fingerprint density at radius 2 is 2.31 bits per heavy atom. The summed E-state index contributed by atoms with van der Waals surface area (Å²) in [6, 6.07) is -0.0491. The molecule has 0 aliphatic carbocycles. The van der Waals surface area contributed by atoms with Gasteiger partial charge in [-0.3, -0.25) is 0 Å². The van der Waals surface area contributed by atoms with Gasteiger partial charge >= 0.3 is 0 Å². The van der Waals surface area contributed by atoms with E-state index in [1.54, 1.807) is 11.6 Å². The zero-order valence-corrected chi connectivity index (χ0v) is 10.2. The maximum absolute atomic E-state index is 11.9. The fourth-order valence-corrected chi connectivity index (χ4v) is 3.08. The third-order valence-corrected chi connectivity index (χ3v) is 4.16. The molecule has 7 heteroatoms. The number of imidazole rings is 1. The summed E-state index contributed by atoms with van der Waals surface area (Å²) in [6.07, 6.45) is 2.97. The van der Waals surface area contributed by atoms with E-state index in [0.29, 0.717) is 12.5 Å². The van der Waals surface area contributed by atoms with Gasteiger partial charge in [-0.15, -0.1) is 0 Å². The van der Waals surface area contributed by atoms with Crippen LogP contribution in [0.3, 0.4) is 0 Å². The van der Waals surface area contributed by atoms with Crippen LogP contribution in [0.2, 0.25) is 0 Å². The second kappa shape index (κ2) is 4.15. The minimum atomic E-state index is -3.48. The number of sulfonamides is 1. The molecule has 0 saturated carbocycles. The lowest BCUT2D eigenvalue weighted by atomic mass is 10.1. The molecule has 2 N–H and O–H groups in total. The highest BCUT2D eigenvalue weighted by Crippen LogP contribution is 2.12. The van der Waals surface area contributed by atoms with Crippen molar-refractivity contribution in [2.24, 2.45) is 13.0 Å². The summed E-state index contributed by atoms with van der Waals surface area (Å²) in [7, 11) is -1.74. The Balaban J connectivity index is 2.14. The van der Waals surface area contributed by atoms with E-state index >= 15 is 0 Å². The fraction of sp³-hybridized carbons (Fsp3) is 0.667. The van der Waals surface area contributed by atoms with Gasteiger partial charge in [0.2, 0.25) is 0 Å². The number of nitrogens with zero attached hydrogens (tertiary/aromatic N) is 2. The fourth-order valence-electron chi connectivity index (χ4n) is 1.76. The van der Waals surface area contributed by atoms with E-state index in [-0.39, 0.29) is 11.1 Å². The topological polar surface area (TPSA) is 76.0 Å². The van der Waals surface area contributed by atoms with Gasteiger partial charge in [-0.25, -0.2) is 18.1 Å². The summed E-state index contributed by atoms with van der Waals surface area (Å²) < 4.78 is 28.1. The lowest BCUT2D eigenvalue weighted by molar-refractivity contribution is 0.501. The first-order chi connectivity index (χ1) is 7.49. The summed E-state index contributed by atoms with van der Waals surface area (Å²) in [5.74, 6) is 0.304. The number of hydrogen-bond donors (Lipinski definition) is 2. The zero-order chi connectivity index (χ0) is 11.8. The van der Waals surface area contributed by atoms with Crippen molar-refractivity contribution >= 4 is 10.0 Å². The molecule has 0 bridgehead atoms. The van der Waals surface area contributed by atoms with E-state index < -0.39 is 10.0 Å². The number of rotatable bonds is 3. The van der Waals surface area contributed by atoms with Crippen LogP contribution in [0.15, 0.2) is 17.6 Å². The third kappa shape index (κ3) is 2.26. The van der Waals surface area contributed by atoms with Crippen molar-refractivity contribution in [3.8, 4) is 0 Å². The molecule has 2 unspecified atom stereocenters. The zero-order valence-electron chi connectivity index (χ0n) is 9.34. The van der Waals surface area contributed by atoms with E-state index in [2.05, 4.69) is 15.0 Å². The predicted octanol–water partition coefficient (Wildman–Crippen LogP) is -0.694. The Hall–Kier alpha value is -0.920. The Morgan fingerprint density at radius 3 is 2.81 bits per heavy atom. The van der Waals surface area contributed by atoms with E-state index in [9.17, 15) is 8.42 Å². The van der Waals surface area contributed by atoms with Gasteiger partial charge in [-0.05, 0) is 12.5 Å². The van der Waals surface area contributed by atoms with Crippen molar-refractivity contribution in [1.82, 2.24) is 19.6 Å². The number of aryl methyl sites for hydroxylation is 1. The van der Waals surface area contributed by atoms with Gasteiger partial charge in [-0.1, -0.05) is 6.92 Å². The SMILES string of the molecule is CC1CNCC1NS(=O)(=O)c1cn(C)cn1. The summed E-state index contributed by atoms with van der Waals surface area (Å²) in [6.45, 7) is 3.54. The number of aromatic nitrogens is 2. The molecule has 2 rings (SSSR count). The van der Waals surface area contributed by atoms with Gasteiger partial charge < -0.3 is 9.88 Å². The monoisotopic (exact) mass is 244 g/mol. The van der Waals surface area contributed by atoms with Crippen LogP contribution < -0.4 is 10.0 Å². The average Bonchev–Trinajstić information content (AvgIpc) is 2.77. The Labute approximate surface area is 95.1 Å². The van der Waals surface area contributed by atoms with Crippen molar-refractivity contribution in [3.63, 3.8) is 0 Å². The maximum atomic E-state index is 11.9. The molecule has 1 aromatic heterocycles. The summed E-state index contributed by atoms with van der Waals surface area (Å²) in [5, 5.41) is 3.23. The van der Waals surface area contributed by atoms with Crippen LogP contribution in [0.4, 0.5) is 0 Å². The average molecular weight is 244 g/mol. The number of nitrogens with one attached hydrogen (secondary N) is 2. The molecule has 1 aliphatic rings. The Morgan fingerprint density at radius 1 is 1.56 bits per heavy atom. The number of hydrogen-bond acceptors (Lipinski definition) is 4. The van der Waals surface area contributed by atoms with Crippen LogP contribution in [-0.4, -0.2) is 37.1 Å². The molecule has 1 saturated heterocycles. The minimum absolute atomic E-state index is 0.0491. The molecule has 1 fully saturated rings. The van der Waals surface area contributed by atoms with Crippen molar-refractivity contribution in [2.75, 3.05) is 13.1 Å². The lowest BCUT2D eigenvalue weighted by Crippen LogP contribution is -2.39. The molecule has 2 heterocycles. The largest absolute Gasteiger partial charge is 0.339 e. The molecule has 0 aromatic carbocycles. The summed E-state index contributed by atoms with van der Waals surface area (Å²) >= 11 is 0. The van der Waals surface area contributed by atoms with Gasteiger partial charge in [0.25, 0.3) is 10.0 Å². The lowest BCUT2D eigenvalue weighted by Gasteiger charge is -2.15. The first kappa shape index (κ1) is 11.6. The van der Waals surface area contributed by atoms with Crippen LogP contribution in [0, 0.1) is 5.92 Å². The normalized spacial score (nSPS) is 26.1. The molecule has 1 aliphatic heterocycles. The van der Waals surface area contributed by atoms with E-state index in [1.165, 1.54) is 12.5 Å². The predicted molar refractivity (Wildman–Crippen MR) is 59.4 cm³/mol. The first-order valence-corrected chi connectivity index (χ1v) is 6.68. The van der Waals surface area contributed by atoms with Gasteiger partial charge in [0, 0.05) is 25.8 Å². The van der Waals surface area contributed by atoms with Gasteiger partial charge in [-0.2, -0.15) is 0 Å². The molecule has 0 spiro atoms. The highest BCUT2D eigenvalue weighted by molar-refractivity contribution is 7.89. The molecule has 0 radical (unpaired) electrons. The summed E-state index contributed by atoms with van der Waals surface area (Å²) in [5.41, 5.74) is 0. The van der Waals surface area contributed by atoms with Gasteiger partial charge in [0.15, 0.2) is 5.03 Å². The smallest absolute Gasteiger partial charge is 0.259 e. The van der Waals surface area contributed by atoms with Crippen LogP contribution >= 0.6 is 0 Å². The van der Waals surface area contributed by atoms with Gasteiger partial charge in [0.1, 0.15) is 0 Å². The van der Waals surface area contributed by atoms with Crippen LogP contribution in [0.5, 0.6) is 0 Å². The van der Waals surface area contributed by atoms with Crippen molar-refractivity contribution in [3.05, 3.63) is 12.5 Å². The van der Waals surface area contributed by atoms with Gasteiger partial charge in [0.05, 0.1) is 6.33 Å². The van der Waals surface area contributed by atoms with E-state index in [4.69, 9.17) is 0 Å². The van der Waals surface area contributed by atoms with Crippen molar-refractivity contribution in [1.29, 1.82) is 0 Å². The molecular weight excluding hydrogens is 228 g/mol. The second-order valence-electron chi connectivity index (χ2n) is 4.24. The summed E-state index contributed by atoms with van der Waals surface area (Å²) in [4.78, 5) is 3.85. The minimum Gasteiger partial charge on any atom is -0.339 e. The highest BCUT2D eigenvalue weighted by atomic mass is 32.2. The van der Waals surface area contributed by atoms with Crippen molar-refractivity contribution < 1.29 is 8.42 Å². The Kier molecular flexibility index (Phi) is 3.00. The molecule has 2 atom stereocenters. The molecular formula is C9H16N4O2S. The van der Waals surface area contributed by atoms with Crippen LogP contribution in [0.25, 0.3) is 0 Å². The highest BCUT2D eigenvalue weighted by Gasteiger charge is 2.29. The maximum Gasteiger partial charge on any atom is 0.259 e. The molecule has 90 valence electrons. The van der Waals surface area contributed by atoms with Crippen LogP contribution in [-0.2, 0) is 17.1 Å². The quantitative estimate of drug-likeness (QED) is 0.737. The molecule has 0 amide bonds. The molecule has 6 nitrogen and oxygen atoms in total. The molecule has 1 aromatic rings. The standard InChI is InChI=1S/C9H16N4O2S/c1-7-3-10-4-8(7)12-16(14,15)9-5-13(2)6-11-9/h5-8,10,12H,3-4H2,1-2H3.